The Morgan fingerprint density at radius 3 is 2.40 bits per heavy atom. The molecule has 2 aliphatic rings. The van der Waals surface area contributed by atoms with Crippen LogP contribution in [0.15, 0.2) is 12.2 Å². The van der Waals surface area contributed by atoms with Crippen molar-refractivity contribution in [1.29, 1.82) is 0 Å². The summed E-state index contributed by atoms with van der Waals surface area (Å²) in [6.45, 7) is 7.91. The van der Waals surface area contributed by atoms with Crippen molar-refractivity contribution in [3.63, 3.8) is 0 Å². The smallest absolute Gasteiger partial charge is 0.246 e. The molecule has 2 aliphatic heterocycles. The highest BCUT2D eigenvalue weighted by Crippen LogP contribution is 2.09. The van der Waals surface area contributed by atoms with Crippen molar-refractivity contribution in [3.8, 4) is 0 Å². The molecule has 0 aromatic rings. The van der Waals surface area contributed by atoms with E-state index in [0.29, 0.717) is 6.04 Å². The van der Waals surface area contributed by atoms with Crippen molar-refractivity contribution in [1.82, 2.24) is 15.1 Å². The van der Waals surface area contributed by atoms with Gasteiger partial charge in [-0.15, -0.1) is 0 Å². The van der Waals surface area contributed by atoms with Gasteiger partial charge >= 0.3 is 0 Å². The first-order chi connectivity index (χ1) is 7.31. The first kappa shape index (κ1) is 10.6. The molecule has 1 N–H and O–H groups in total. The summed E-state index contributed by atoms with van der Waals surface area (Å²) in [4.78, 5) is 16.0. The first-order valence-corrected chi connectivity index (χ1v) is 5.67. The molecule has 15 heavy (non-hydrogen) atoms. The van der Waals surface area contributed by atoms with Crippen molar-refractivity contribution in [3.05, 3.63) is 12.2 Å². The number of nitrogens with zero attached hydrogens (tertiary/aromatic N) is 2. The Morgan fingerprint density at radius 2 is 1.93 bits per heavy atom. The molecule has 4 nitrogen and oxygen atoms in total. The highest BCUT2D eigenvalue weighted by molar-refractivity contribution is 5.87. The third kappa shape index (κ3) is 2.38. The Labute approximate surface area is 90.9 Å². The SMILES string of the molecule is CC=CC(=O)N1CCN(C2CNC2)CC1. The van der Waals surface area contributed by atoms with Crippen LogP contribution in [0.5, 0.6) is 0 Å². The molecule has 0 bridgehead atoms. The summed E-state index contributed by atoms with van der Waals surface area (Å²) in [6.07, 6.45) is 3.46. The normalized spacial score (nSPS) is 24.5. The number of hydrogen-bond donors (Lipinski definition) is 1. The van der Waals surface area contributed by atoms with E-state index in [1.54, 1.807) is 6.08 Å². The summed E-state index contributed by atoms with van der Waals surface area (Å²) in [5.41, 5.74) is 0. The summed E-state index contributed by atoms with van der Waals surface area (Å²) >= 11 is 0. The van der Waals surface area contributed by atoms with Gasteiger partial charge in [0.1, 0.15) is 0 Å². The molecule has 1 amide bonds. The van der Waals surface area contributed by atoms with Gasteiger partial charge < -0.3 is 10.2 Å². The number of amides is 1. The Hall–Kier alpha value is -0.870. The van der Waals surface area contributed by atoms with E-state index < -0.39 is 0 Å². The van der Waals surface area contributed by atoms with Gasteiger partial charge in [-0.1, -0.05) is 6.08 Å². The van der Waals surface area contributed by atoms with Gasteiger partial charge in [0.2, 0.25) is 5.91 Å². The fourth-order valence-corrected chi connectivity index (χ4v) is 2.09. The third-order valence-corrected chi connectivity index (χ3v) is 3.21. The molecule has 84 valence electrons. The molecule has 0 aromatic carbocycles. The van der Waals surface area contributed by atoms with Crippen LogP contribution in [-0.2, 0) is 4.79 Å². The number of carbonyl (C=O) groups excluding carboxylic acids is 1. The van der Waals surface area contributed by atoms with Gasteiger partial charge in [0.15, 0.2) is 0 Å². The summed E-state index contributed by atoms with van der Waals surface area (Å²) in [5, 5.41) is 3.28. The topological polar surface area (TPSA) is 35.6 Å². The molecule has 0 saturated carbocycles. The molecule has 0 unspecified atom stereocenters. The second-order valence-electron chi connectivity index (χ2n) is 4.17. The Kier molecular flexibility index (Phi) is 3.38. The second kappa shape index (κ2) is 4.77. The van der Waals surface area contributed by atoms with E-state index in [9.17, 15) is 4.79 Å². The molecule has 2 fully saturated rings. The molecule has 0 aliphatic carbocycles. The number of rotatable bonds is 2. The van der Waals surface area contributed by atoms with E-state index in [1.807, 2.05) is 17.9 Å². The zero-order valence-electron chi connectivity index (χ0n) is 9.28. The average molecular weight is 209 g/mol. The minimum Gasteiger partial charge on any atom is -0.337 e. The molecule has 0 radical (unpaired) electrons. The van der Waals surface area contributed by atoms with Gasteiger partial charge in [-0.2, -0.15) is 0 Å². The molecule has 0 atom stereocenters. The van der Waals surface area contributed by atoms with Crippen molar-refractivity contribution >= 4 is 5.91 Å². The molecule has 2 saturated heterocycles. The van der Waals surface area contributed by atoms with Crippen LogP contribution in [0.3, 0.4) is 0 Å². The zero-order valence-corrected chi connectivity index (χ0v) is 9.28. The van der Waals surface area contributed by atoms with Crippen LogP contribution in [0.25, 0.3) is 0 Å². The lowest BCUT2D eigenvalue weighted by molar-refractivity contribution is -0.128. The number of piperazine rings is 1. The third-order valence-electron chi connectivity index (χ3n) is 3.21. The summed E-state index contributed by atoms with van der Waals surface area (Å²) in [5.74, 6) is 0.156. The Balaban J connectivity index is 1.78. The predicted molar refractivity (Wildman–Crippen MR) is 59.6 cm³/mol. The Morgan fingerprint density at radius 1 is 1.27 bits per heavy atom. The molecule has 0 aromatic heterocycles. The fourth-order valence-electron chi connectivity index (χ4n) is 2.09. The number of carbonyl (C=O) groups is 1. The predicted octanol–water partition coefficient (Wildman–Crippen LogP) is -0.321. The van der Waals surface area contributed by atoms with Crippen LogP contribution in [0, 0.1) is 0 Å². The number of nitrogens with one attached hydrogen (secondary N) is 1. The van der Waals surface area contributed by atoms with Crippen molar-refractivity contribution in [2.24, 2.45) is 0 Å². The maximum atomic E-state index is 11.6. The van der Waals surface area contributed by atoms with Crippen LogP contribution in [0.2, 0.25) is 0 Å². The standard InChI is InChI=1S/C11H19N3O/c1-2-3-11(15)14-6-4-13(5-7-14)10-8-12-9-10/h2-3,10,12H,4-9H2,1H3. The molecule has 0 spiro atoms. The lowest BCUT2D eigenvalue weighted by atomic mass is 10.1. The van der Waals surface area contributed by atoms with Gasteiger partial charge in [0.25, 0.3) is 0 Å². The van der Waals surface area contributed by atoms with Crippen molar-refractivity contribution in [2.45, 2.75) is 13.0 Å². The van der Waals surface area contributed by atoms with E-state index in [1.165, 1.54) is 0 Å². The first-order valence-electron chi connectivity index (χ1n) is 5.67. The molecule has 4 heteroatoms. The number of hydrogen-bond acceptors (Lipinski definition) is 3. The molecular weight excluding hydrogens is 190 g/mol. The monoisotopic (exact) mass is 209 g/mol. The minimum atomic E-state index is 0.156. The lowest BCUT2D eigenvalue weighted by Gasteiger charge is -2.43. The number of allylic oxidation sites excluding steroid dienone is 1. The van der Waals surface area contributed by atoms with Crippen molar-refractivity contribution in [2.75, 3.05) is 39.3 Å². The summed E-state index contributed by atoms with van der Waals surface area (Å²) in [6, 6.07) is 0.712. The Bertz CT molecular complexity index is 253. The summed E-state index contributed by atoms with van der Waals surface area (Å²) in [7, 11) is 0. The van der Waals surface area contributed by atoms with Crippen LogP contribution in [0.4, 0.5) is 0 Å². The quantitative estimate of drug-likeness (QED) is 0.633. The minimum absolute atomic E-state index is 0.156. The molecule has 2 heterocycles. The van der Waals surface area contributed by atoms with Gasteiger partial charge in [0, 0.05) is 45.3 Å². The molecular formula is C11H19N3O. The zero-order chi connectivity index (χ0) is 10.7. The maximum Gasteiger partial charge on any atom is 0.246 e. The van der Waals surface area contributed by atoms with Crippen LogP contribution < -0.4 is 5.32 Å². The lowest BCUT2D eigenvalue weighted by Crippen LogP contribution is -2.61. The van der Waals surface area contributed by atoms with Gasteiger partial charge in [-0.05, 0) is 13.0 Å². The van der Waals surface area contributed by atoms with Crippen LogP contribution in [0.1, 0.15) is 6.92 Å². The van der Waals surface area contributed by atoms with E-state index >= 15 is 0 Å². The highest BCUT2D eigenvalue weighted by Gasteiger charge is 2.28. The molecule has 2 rings (SSSR count). The average Bonchev–Trinajstić information content (AvgIpc) is 2.16. The van der Waals surface area contributed by atoms with E-state index in [2.05, 4.69) is 10.2 Å². The van der Waals surface area contributed by atoms with Crippen LogP contribution in [-0.4, -0.2) is 61.0 Å². The summed E-state index contributed by atoms with van der Waals surface area (Å²) < 4.78 is 0. The van der Waals surface area contributed by atoms with Gasteiger partial charge in [0.05, 0.1) is 0 Å². The van der Waals surface area contributed by atoms with Crippen molar-refractivity contribution < 1.29 is 4.79 Å². The maximum absolute atomic E-state index is 11.6. The van der Waals surface area contributed by atoms with E-state index in [0.717, 1.165) is 39.3 Å². The largest absolute Gasteiger partial charge is 0.337 e. The van der Waals surface area contributed by atoms with Gasteiger partial charge in [-0.25, -0.2) is 0 Å². The second-order valence-corrected chi connectivity index (χ2v) is 4.17. The van der Waals surface area contributed by atoms with E-state index in [-0.39, 0.29) is 5.91 Å². The van der Waals surface area contributed by atoms with E-state index in [4.69, 9.17) is 0 Å². The van der Waals surface area contributed by atoms with Crippen LogP contribution >= 0.6 is 0 Å². The highest BCUT2D eigenvalue weighted by atomic mass is 16.2. The van der Waals surface area contributed by atoms with Gasteiger partial charge in [-0.3, -0.25) is 9.69 Å². The fraction of sp³-hybridized carbons (Fsp3) is 0.727.